The second-order valence-electron chi connectivity index (χ2n) is 6.68. The van der Waals surface area contributed by atoms with Crippen LogP contribution in [0.2, 0.25) is 0 Å². The minimum atomic E-state index is -0.624. The van der Waals surface area contributed by atoms with Gasteiger partial charge in [0.05, 0.1) is 12.3 Å². The molecule has 150 valence electrons. The molecular weight excluding hydrogens is 386 g/mol. The standard InChI is InChI=1S/C22H23N3O3S/c1-3-27-18-8-10-19(11-9-18)28-15(2)21(26)23-17-6-4-16(5-7-17)20-14-25-12-13-29-22(25)24-20/h4-11,14-15H,3,12-13H2,1-2H3,(H,23,26). The quantitative estimate of drug-likeness (QED) is 0.624. The minimum Gasteiger partial charge on any atom is -0.494 e. The van der Waals surface area contributed by atoms with Crippen LogP contribution >= 0.6 is 11.8 Å². The summed E-state index contributed by atoms with van der Waals surface area (Å²) in [7, 11) is 0. The maximum Gasteiger partial charge on any atom is 0.265 e. The van der Waals surface area contributed by atoms with Gasteiger partial charge in [-0.2, -0.15) is 0 Å². The van der Waals surface area contributed by atoms with Crippen LogP contribution in [0, 0.1) is 0 Å². The van der Waals surface area contributed by atoms with Crippen molar-refractivity contribution in [1.29, 1.82) is 0 Å². The molecular formula is C22H23N3O3S. The Hall–Kier alpha value is -2.93. The first-order valence-electron chi connectivity index (χ1n) is 9.63. The Bertz CT molecular complexity index is 962. The van der Waals surface area contributed by atoms with Gasteiger partial charge in [-0.25, -0.2) is 4.98 Å². The van der Waals surface area contributed by atoms with Crippen LogP contribution in [0.5, 0.6) is 11.5 Å². The predicted molar refractivity (Wildman–Crippen MR) is 115 cm³/mol. The summed E-state index contributed by atoms with van der Waals surface area (Å²) >= 11 is 1.78. The molecule has 4 rings (SSSR count). The molecule has 1 amide bonds. The summed E-state index contributed by atoms with van der Waals surface area (Å²) in [6.45, 7) is 5.28. The van der Waals surface area contributed by atoms with Gasteiger partial charge in [-0.15, -0.1) is 0 Å². The summed E-state index contributed by atoms with van der Waals surface area (Å²) in [5, 5.41) is 3.96. The van der Waals surface area contributed by atoms with E-state index in [1.54, 1.807) is 30.8 Å². The van der Waals surface area contributed by atoms with Crippen molar-refractivity contribution in [3.05, 3.63) is 54.7 Å². The summed E-state index contributed by atoms with van der Waals surface area (Å²) < 4.78 is 13.3. The van der Waals surface area contributed by atoms with Gasteiger partial charge in [0, 0.05) is 29.7 Å². The first kappa shape index (κ1) is 19.4. The molecule has 1 aliphatic heterocycles. The number of imidazole rings is 1. The second-order valence-corrected chi connectivity index (χ2v) is 7.74. The van der Waals surface area contributed by atoms with E-state index >= 15 is 0 Å². The molecule has 1 aliphatic rings. The van der Waals surface area contributed by atoms with Crippen LogP contribution in [-0.4, -0.2) is 33.9 Å². The molecule has 2 aromatic carbocycles. The third-order valence-electron chi connectivity index (χ3n) is 4.57. The number of hydrogen-bond donors (Lipinski definition) is 1. The number of ether oxygens (including phenoxy) is 2. The summed E-state index contributed by atoms with van der Waals surface area (Å²) in [5.41, 5.74) is 2.71. The van der Waals surface area contributed by atoms with Crippen molar-refractivity contribution in [1.82, 2.24) is 9.55 Å². The molecule has 29 heavy (non-hydrogen) atoms. The van der Waals surface area contributed by atoms with Gasteiger partial charge in [-0.05, 0) is 50.2 Å². The zero-order valence-electron chi connectivity index (χ0n) is 16.4. The fourth-order valence-electron chi connectivity index (χ4n) is 3.06. The van der Waals surface area contributed by atoms with E-state index in [0.29, 0.717) is 12.4 Å². The van der Waals surface area contributed by atoms with Crippen molar-refractivity contribution in [2.24, 2.45) is 0 Å². The van der Waals surface area contributed by atoms with E-state index in [4.69, 9.17) is 9.47 Å². The van der Waals surface area contributed by atoms with Gasteiger partial charge in [0.1, 0.15) is 11.5 Å². The Balaban J connectivity index is 1.34. The van der Waals surface area contributed by atoms with Crippen molar-refractivity contribution in [3.63, 3.8) is 0 Å². The third kappa shape index (κ3) is 4.56. The highest BCUT2D eigenvalue weighted by Crippen LogP contribution is 2.29. The molecule has 1 aromatic heterocycles. The molecule has 0 bridgehead atoms. The lowest BCUT2D eigenvalue weighted by Gasteiger charge is -2.15. The molecule has 0 spiro atoms. The topological polar surface area (TPSA) is 65.4 Å². The average Bonchev–Trinajstić information content (AvgIpc) is 3.32. The SMILES string of the molecule is CCOc1ccc(OC(C)C(=O)Nc2ccc(-c3cn4c(n3)SCC4)cc2)cc1. The van der Waals surface area contributed by atoms with E-state index in [9.17, 15) is 4.79 Å². The zero-order chi connectivity index (χ0) is 20.2. The molecule has 7 heteroatoms. The zero-order valence-corrected chi connectivity index (χ0v) is 17.2. The molecule has 0 aliphatic carbocycles. The van der Waals surface area contributed by atoms with E-state index in [1.807, 2.05) is 43.3 Å². The van der Waals surface area contributed by atoms with Gasteiger partial charge < -0.3 is 19.4 Å². The Morgan fingerprint density at radius 1 is 1.17 bits per heavy atom. The molecule has 0 saturated carbocycles. The third-order valence-corrected chi connectivity index (χ3v) is 5.54. The number of rotatable bonds is 7. The van der Waals surface area contributed by atoms with Crippen molar-refractivity contribution < 1.29 is 14.3 Å². The van der Waals surface area contributed by atoms with Crippen LogP contribution in [0.4, 0.5) is 5.69 Å². The second kappa shape index (κ2) is 8.61. The van der Waals surface area contributed by atoms with Gasteiger partial charge in [-0.3, -0.25) is 4.79 Å². The summed E-state index contributed by atoms with van der Waals surface area (Å²) in [6, 6.07) is 14.9. The van der Waals surface area contributed by atoms with Crippen LogP contribution in [-0.2, 0) is 11.3 Å². The normalized spacial score (nSPS) is 13.6. The van der Waals surface area contributed by atoms with Gasteiger partial charge in [-0.1, -0.05) is 23.9 Å². The highest BCUT2D eigenvalue weighted by atomic mass is 32.2. The number of nitrogens with zero attached hydrogens (tertiary/aromatic N) is 2. The largest absolute Gasteiger partial charge is 0.494 e. The maximum atomic E-state index is 12.5. The Labute approximate surface area is 174 Å². The molecule has 3 aromatic rings. The minimum absolute atomic E-state index is 0.205. The number of fused-ring (bicyclic) bond motifs is 1. The average molecular weight is 410 g/mol. The number of anilines is 1. The fourth-order valence-corrected chi connectivity index (χ4v) is 4.00. The molecule has 0 radical (unpaired) electrons. The van der Waals surface area contributed by atoms with E-state index < -0.39 is 6.10 Å². The Morgan fingerprint density at radius 2 is 1.90 bits per heavy atom. The van der Waals surface area contributed by atoms with Crippen LogP contribution in [0.25, 0.3) is 11.3 Å². The van der Waals surface area contributed by atoms with Crippen LogP contribution in [0.3, 0.4) is 0 Å². The van der Waals surface area contributed by atoms with Crippen molar-refractivity contribution in [3.8, 4) is 22.8 Å². The number of thioether (sulfide) groups is 1. The molecule has 0 fully saturated rings. The monoisotopic (exact) mass is 409 g/mol. The van der Waals surface area contributed by atoms with E-state index in [-0.39, 0.29) is 5.91 Å². The lowest BCUT2D eigenvalue weighted by atomic mass is 10.1. The maximum absolute atomic E-state index is 12.5. The summed E-state index contributed by atoms with van der Waals surface area (Å²) in [6.07, 6.45) is 1.45. The number of aryl methyl sites for hydroxylation is 1. The number of hydrogen-bond acceptors (Lipinski definition) is 5. The lowest BCUT2D eigenvalue weighted by Crippen LogP contribution is -2.30. The van der Waals surface area contributed by atoms with Gasteiger partial charge in [0.25, 0.3) is 5.91 Å². The highest BCUT2D eigenvalue weighted by molar-refractivity contribution is 7.99. The number of nitrogens with one attached hydrogen (secondary N) is 1. The van der Waals surface area contributed by atoms with Crippen molar-refractivity contribution >= 4 is 23.4 Å². The number of amides is 1. The van der Waals surface area contributed by atoms with Crippen LogP contribution < -0.4 is 14.8 Å². The van der Waals surface area contributed by atoms with E-state index in [2.05, 4.69) is 21.1 Å². The van der Waals surface area contributed by atoms with E-state index in [0.717, 1.165) is 40.1 Å². The predicted octanol–water partition coefficient (Wildman–Crippen LogP) is 4.46. The first-order chi connectivity index (χ1) is 14.1. The number of benzene rings is 2. The Kier molecular flexibility index (Phi) is 5.76. The Morgan fingerprint density at radius 3 is 2.59 bits per heavy atom. The first-order valence-corrected chi connectivity index (χ1v) is 10.6. The molecule has 2 heterocycles. The van der Waals surface area contributed by atoms with Crippen molar-refractivity contribution in [2.75, 3.05) is 17.7 Å². The number of carbonyl (C=O) groups excluding carboxylic acids is 1. The van der Waals surface area contributed by atoms with E-state index in [1.165, 1.54) is 0 Å². The smallest absolute Gasteiger partial charge is 0.265 e. The summed E-state index contributed by atoms with van der Waals surface area (Å²) in [5.74, 6) is 2.28. The fraction of sp³-hybridized carbons (Fsp3) is 0.273. The van der Waals surface area contributed by atoms with Gasteiger partial charge in [0.2, 0.25) is 0 Å². The number of aromatic nitrogens is 2. The van der Waals surface area contributed by atoms with Crippen LogP contribution in [0.15, 0.2) is 59.9 Å². The molecule has 1 atom stereocenters. The summed E-state index contributed by atoms with van der Waals surface area (Å²) in [4.78, 5) is 17.1. The highest BCUT2D eigenvalue weighted by Gasteiger charge is 2.17. The van der Waals surface area contributed by atoms with Gasteiger partial charge in [0.15, 0.2) is 11.3 Å². The lowest BCUT2D eigenvalue weighted by molar-refractivity contribution is -0.122. The van der Waals surface area contributed by atoms with Crippen molar-refractivity contribution in [2.45, 2.75) is 31.7 Å². The van der Waals surface area contributed by atoms with Crippen LogP contribution in [0.1, 0.15) is 13.8 Å². The van der Waals surface area contributed by atoms with Gasteiger partial charge >= 0.3 is 0 Å². The molecule has 1 N–H and O–H groups in total. The number of carbonyl (C=O) groups is 1. The molecule has 6 nitrogen and oxygen atoms in total. The molecule has 0 saturated heterocycles. The molecule has 1 unspecified atom stereocenters.